The van der Waals surface area contributed by atoms with Gasteiger partial charge in [0.1, 0.15) is 6.04 Å². The molecule has 0 bridgehead atoms. The van der Waals surface area contributed by atoms with E-state index in [1.165, 1.54) is 4.90 Å². The maximum atomic E-state index is 13.6. The molecule has 0 radical (unpaired) electrons. The van der Waals surface area contributed by atoms with E-state index in [0.717, 1.165) is 16.8 Å². The number of rotatable bonds is 5. The van der Waals surface area contributed by atoms with E-state index >= 15 is 0 Å². The highest BCUT2D eigenvalue weighted by molar-refractivity contribution is 6.04. The normalized spacial score (nSPS) is 23.9. The number of ether oxygens (including phenoxy) is 1. The summed E-state index contributed by atoms with van der Waals surface area (Å²) >= 11 is 0. The van der Waals surface area contributed by atoms with Gasteiger partial charge in [-0.1, -0.05) is 54.6 Å². The van der Waals surface area contributed by atoms with E-state index in [9.17, 15) is 14.4 Å². The summed E-state index contributed by atoms with van der Waals surface area (Å²) in [6.07, 6.45) is 1.58. The molecule has 1 saturated heterocycles. The Balaban J connectivity index is 1.94. The van der Waals surface area contributed by atoms with Gasteiger partial charge in [0.15, 0.2) is 0 Å². The van der Waals surface area contributed by atoms with E-state index in [-0.39, 0.29) is 19.1 Å². The number of carbonyl (C=O) groups excluding carboxylic acids is 3. The van der Waals surface area contributed by atoms with E-state index in [2.05, 4.69) is 11.9 Å². The smallest absolute Gasteiger partial charge is 0.318 e. The zero-order valence-corrected chi connectivity index (χ0v) is 18.2. The minimum absolute atomic E-state index is 0.215. The van der Waals surface area contributed by atoms with Gasteiger partial charge in [0.25, 0.3) is 0 Å². The second-order valence-electron chi connectivity index (χ2n) is 7.94. The average Bonchev–Trinajstić information content (AvgIpc) is 3.18. The number of anilines is 1. The molecule has 32 heavy (non-hydrogen) atoms. The average molecular weight is 434 g/mol. The van der Waals surface area contributed by atoms with Crippen LogP contribution in [0.1, 0.15) is 30.0 Å². The SMILES string of the molecule is C=CCNC(=O)N1[C@@H]2C(=O)N(C)c3ccccc3[C@@H]2[C@@H](C(=O)OCC)[C@H]1c1ccccc1. The summed E-state index contributed by atoms with van der Waals surface area (Å²) in [6.45, 7) is 5.88. The molecule has 0 aromatic heterocycles. The molecule has 4 rings (SSSR count). The van der Waals surface area contributed by atoms with Crippen LogP contribution >= 0.6 is 0 Å². The van der Waals surface area contributed by atoms with Gasteiger partial charge in [-0.2, -0.15) is 0 Å². The van der Waals surface area contributed by atoms with E-state index in [1.54, 1.807) is 24.9 Å². The summed E-state index contributed by atoms with van der Waals surface area (Å²) in [5.41, 5.74) is 2.38. The van der Waals surface area contributed by atoms with Crippen LogP contribution in [0.2, 0.25) is 0 Å². The third kappa shape index (κ3) is 3.43. The molecule has 2 aromatic carbocycles. The van der Waals surface area contributed by atoms with Crippen LogP contribution in [0, 0.1) is 5.92 Å². The zero-order valence-electron chi connectivity index (χ0n) is 18.2. The van der Waals surface area contributed by atoms with Crippen molar-refractivity contribution in [2.75, 3.05) is 25.1 Å². The molecule has 2 heterocycles. The Hall–Kier alpha value is -3.61. The molecule has 1 fully saturated rings. The molecule has 3 amide bonds. The molecule has 1 N–H and O–H groups in total. The number of nitrogens with zero attached hydrogens (tertiary/aromatic N) is 2. The first kappa shape index (κ1) is 21.6. The van der Waals surface area contributed by atoms with Gasteiger partial charge < -0.3 is 19.9 Å². The van der Waals surface area contributed by atoms with Crippen molar-refractivity contribution < 1.29 is 19.1 Å². The molecule has 4 atom stereocenters. The first-order valence-electron chi connectivity index (χ1n) is 10.8. The molecular weight excluding hydrogens is 406 g/mol. The van der Waals surface area contributed by atoms with Crippen LogP contribution in [-0.4, -0.2) is 49.0 Å². The lowest BCUT2D eigenvalue weighted by Gasteiger charge is -2.38. The van der Waals surface area contributed by atoms with Crippen molar-refractivity contribution in [2.24, 2.45) is 5.92 Å². The lowest BCUT2D eigenvalue weighted by Crippen LogP contribution is -2.54. The summed E-state index contributed by atoms with van der Waals surface area (Å²) in [6, 6.07) is 15.0. The maximum absolute atomic E-state index is 13.6. The maximum Gasteiger partial charge on any atom is 0.318 e. The first-order valence-corrected chi connectivity index (χ1v) is 10.8. The Bertz CT molecular complexity index is 1040. The number of hydrogen-bond donors (Lipinski definition) is 1. The fourth-order valence-corrected chi connectivity index (χ4v) is 4.98. The molecule has 166 valence electrons. The molecule has 0 aliphatic carbocycles. The first-order chi connectivity index (χ1) is 15.5. The van der Waals surface area contributed by atoms with Crippen molar-refractivity contribution in [3.05, 3.63) is 78.4 Å². The predicted molar refractivity (Wildman–Crippen MR) is 121 cm³/mol. The van der Waals surface area contributed by atoms with Gasteiger partial charge in [-0.3, -0.25) is 9.59 Å². The highest BCUT2D eigenvalue weighted by atomic mass is 16.5. The lowest BCUT2D eigenvalue weighted by molar-refractivity contribution is -0.149. The zero-order chi connectivity index (χ0) is 22.8. The van der Waals surface area contributed by atoms with E-state index in [4.69, 9.17) is 4.74 Å². The lowest BCUT2D eigenvalue weighted by atomic mass is 9.77. The van der Waals surface area contributed by atoms with Gasteiger partial charge in [0.05, 0.1) is 18.6 Å². The molecular formula is C25H27N3O4. The second-order valence-corrected chi connectivity index (χ2v) is 7.94. The topological polar surface area (TPSA) is 79.0 Å². The number of urea groups is 1. The number of para-hydroxylation sites is 1. The monoisotopic (exact) mass is 433 g/mol. The van der Waals surface area contributed by atoms with Gasteiger partial charge in [-0.25, -0.2) is 4.79 Å². The highest BCUT2D eigenvalue weighted by Gasteiger charge is 2.60. The second kappa shape index (κ2) is 8.86. The van der Waals surface area contributed by atoms with Crippen molar-refractivity contribution in [1.29, 1.82) is 0 Å². The number of likely N-dealkylation sites (tertiary alicyclic amines) is 1. The van der Waals surface area contributed by atoms with Crippen LogP contribution < -0.4 is 10.2 Å². The number of nitrogens with one attached hydrogen (secondary N) is 1. The van der Waals surface area contributed by atoms with Gasteiger partial charge >= 0.3 is 12.0 Å². The molecule has 7 nitrogen and oxygen atoms in total. The Labute approximate surface area is 187 Å². The van der Waals surface area contributed by atoms with Crippen LogP contribution in [0.5, 0.6) is 0 Å². The number of amides is 3. The van der Waals surface area contributed by atoms with Crippen molar-refractivity contribution >= 4 is 23.6 Å². The number of carbonyl (C=O) groups is 3. The van der Waals surface area contributed by atoms with Gasteiger partial charge in [-0.05, 0) is 24.1 Å². The van der Waals surface area contributed by atoms with Gasteiger partial charge in [0.2, 0.25) is 5.91 Å². The van der Waals surface area contributed by atoms with E-state index in [0.29, 0.717) is 0 Å². The molecule has 0 spiro atoms. The Morgan fingerprint density at radius 1 is 1.09 bits per heavy atom. The summed E-state index contributed by atoms with van der Waals surface area (Å²) in [7, 11) is 1.70. The number of esters is 1. The molecule has 2 aliphatic rings. The molecule has 0 unspecified atom stereocenters. The summed E-state index contributed by atoms with van der Waals surface area (Å²) in [5, 5.41) is 2.80. The molecule has 7 heteroatoms. The third-order valence-corrected chi connectivity index (χ3v) is 6.24. The van der Waals surface area contributed by atoms with Crippen LogP contribution in [0.25, 0.3) is 0 Å². The minimum atomic E-state index is -0.834. The predicted octanol–water partition coefficient (Wildman–Crippen LogP) is 3.25. The Kier molecular flexibility index (Phi) is 5.99. The van der Waals surface area contributed by atoms with Gasteiger partial charge in [-0.15, -0.1) is 6.58 Å². The van der Waals surface area contributed by atoms with Crippen molar-refractivity contribution in [2.45, 2.75) is 24.9 Å². The minimum Gasteiger partial charge on any atom is -0.466 e. The highest BCUT2D eigenvalue weighted by Crippen LogP contribution is 2.54. The fraction of sp³-hybridized carbons (Fsp3) is 0.320. The summed E-state index contributed by atoms with van der Waals surface area (Å²) < 4.78 is 5.47. The number of benzene rings is 2. The number of likely N-dealkylation sites (N-methyl/N-ethyl adjacent to an activating group) is 1. The largest absolute Gasteiger partial charge is 0.466 e. The Morgan fingerprint density at radius 2 is 1.78 bits per heavy atom. The Morgan fingerprint density at radius 3 is 2.47 bits per heavy atom. The van der Waals surface area contributed by atoms with Crippen LogP contribution in [0.3, 0.4) is 0 Å². The number of fused-ring (bicyclic) bond motifs is 3. The summed E-state index contributed by atoms with van der Waals surface area (Å²) in [5.74, 6) is -1.89. The van der Waals surface area contributed by atoms with Crippen LogP contribution in [0.15, 0.2) is 67.3 Å². The molecule has 2 aromatic rings. The van der Waals surface area contributed by atoms with Crippen molar-refractivity contribution in [1.82, 2.24) is 10.2 Å². The summed E-state index contributed by atoms with van der Waals surface area (Å²) in [4.78, 5) is 43.4. The van der Waals surface area contributed by atoms with Gasteiger partial charge in [0, 0.05) is 25.2 Å². The molecule has 0 saturated carbocycles. The van der Waals surface area contributed by atoms with E-state index in [1.807, 2.05) is 54.6 Å². The molecule has 2 aliphatic heterocycles. The quantitative estimate of drug-likeness (QED) is 0.580. The number of hydrogen-bond acceptors (Lipinski definition) is 4. The van der Waals surface area contributed by atoms with E-state index < -0.39 is 35.9 Å². The van der Waals surface area contributed by atoms with Crippen LogP contribution in [-0.2, 0) is 14.3 Å². The third-order valence-electron chi connectivity index (χ3n) is 6.24. The van der Waals surface area contributed by atoms with Crippen molar-refractivity contribution in [3.63, 3.8) is 0 Å². The standard InChI is InChI=1S/C25H27N3O4/c1-4-15-26-25(31)28-21(16-11-7-6-8-12-16)20(24(30)32-5-2)19-17-13-9-10-14-18(17)27(3)23(29)22(19)28/h4,6-14,19-22H,1,5,15H2,2-3H3,(H,26,31)/t19-,20-,21-,22+/m1/s1. The van der Waals surface area contributed by atoms with Crippen LogP contribution in [0.4, 0.5) is 10.5 Å². The van der Waals surface area contributed by atoms with Crippen molar-refractivity contribution in [3.8, 4) is 0 Å². The fourth-order valence-electron chi connectivity index (χ4n) is 4.98.